The van der Waals surface area contributed by atoms with Crippen molar-refractivity contribution in [1.82, 2.24) is 15.6 Å². The van der Waals surface area contributed by atoms with Crippen LogP contribution in [0.3, 0.4) is 0 Å². The van der Waals surface area contributed by atoms with Gasteiger partial charge in [-0.25, -0.2) is 0 Å². The standard InChI is InChI=1S/C13H18N4O2/c14-8-9-4-6-15-11(7-9)13(19)17-10-3-1-2-5-16-12(10)18/h4,6-7,10H,1-3,5,8,14H2,(H,16,18)(H,17,19)/t10-/m0/s1. The van der Waals surface area contributed by atoms with Gasteiger partial charge in [-0.2, -0.15) is 0 Å². The van der Waals surface area contributed by atoms with Crippen LogP contribution in [0.15, 0.2) is 18.3 Å². The fourth-order valence-electron chi connectivity index (χ4n) is 2.03. The molecule has 0 aliphatic carbocycles. The first-order valence-electron chi connectivity index (χ1n) is 6.44. The predicted molar refractivity (Wildman–Crippen MR) is 70.2 cm³/mol. The van der Waals surface area contributed by atoms with Crippen LogP contribution in [-0.4, -0.2) is 29.4 Å². The van der Waals surface area contributed by atoms with Gasteiger partial charge in [-0.3, -0.25) is 14.6 Å². The molecule has 1 aliphatic heterocycles. The van der Waals surface area contributed by atoms with Crippen LogP contribution >= 0.6 is 0 Å². The Bertz CT molecular complexity index is 475. The second kappa shape index (κ2) is 6.29. The van der Waals surface area contributed by atoms with E-state index in [0.29, 0.717) is 25.2 Å². The monoisotopic (exact) mass is 262 g/mol. The van der Waals surface area contributed by atoms with Crippen molar-refractivity contribution in [2.75, 3.05) is 6.54 Å². The van der Waals surface area contributed by atoms with E-state index in [2.05, 4.69) is 15.6 Å². The molecule has 102 valence electrons. The number of aromatic nitrogens is 1. The van der Waals surface area contributed by atoms with Crippen molar-refractivity contribution in [3.8, 4) is 0 Å². The summed E-state index contributed by atoms with van der Waals surface area (Å²) >= 11 is 0. The van der Waals surface area contributed by atoms with Crippen LogP contribution in [0.1, 0.15) is 35.3 Å². The first-order chi connectivity index (χ1) is 9.20. The fraction of sp³-hybridized carbons (Fsp3) is 0.462. The fourth-order valence-corrected chi connectivity index (χ4v) is 2.03. The van der Waals surface area contributed by atoms with E-state index in [4.69, 9.17) is 5.73 Å². The molecule has 2 rings (SSSR count). The van der Waals surface area contributed by atoms with Gasteiger partial charge in [0.25, 0.3) is 5.91 Å². The molecule has 0 bridgehead atoms. The Balaban J connectivity index is 2.04. The number of carbonyl (C=O) groups is 2. The number of amides is 2. The number of carbonyl (C=O) groups excluding carboxylic acids is 2. The molecule has 1 aliphatic rings. The number of nitrogens with one attached hydrogen (secondary N) is 2. The number of pyridine rings is 1. The maximum absolute atomic E-state index is 12.0. The van der Waals surface area contributed by atoms with Gasteiger partial charge in [0.15, 0.2) is 0 Å². The minimum Gasteiger partial charge on any atom is -0.354 e. The number of nitrogens with zero attached hydrogens (tertiary/aromatic N) is 1. The van der Waals surface area contributed by atoms with E-state index < -0.39 is 6.04 Å². The van der Waals surface area contributed by atoms with Crippen LogP contribution in [0.4, 0.5) is 0 Å². The zero-order valence-electron chi connectivity index (χ0n) is 10.7. The third-order valence-electron chi connectivity index (χ3n) is 3.13. The summed E-state index contributed by atoms with van der Waals surface area (Å²) in [4.78, 5) is 27.8. The summed E-state index contributed by atoms with van der Waals surface area (Å²) in [5.41, 5.74) is 6.65. The van der Waals surface area contributed by atoms with Crippen molar-refractivity contribution in [1.29, 1.82) is 0 Å². The van der Waals surface area contributed by atoms with Crippen molar-refractivity contribution in [3.63, 3.8) is 0 Å². The minimum absolute atomic E-state index is 0.124. The lowest BCUT2D eigenvalue weighted by atomic mass is 10.1. The first kappa shape index (κ1) is 13.5. The summed E-state index contributed by atoms with van der Waals surface area (Å²) in [6, 6.07) is 2.93. The largest absolute Gasteiger partial charge is 0.354 e. The molecule has 0 radical (unpaired) electrons. The summed E-state index contributed by atoms with van der Waals surface area (Å²) in [6.45, 7) is 1.03. The van der Waals surface area contributed by atoms with Gasteiger partial charge in [0.05, 0.1) is 0 Å². The summed E-state index contributed by atoms with van der Waals surface area (Å²) in [7, 11) is 0. The van der Waals surface area contributed by atoms with Gasteiger partial charge in [-0.15, -0.1) is 0 Å². The molecule has 1 saturated heterocycles. The normalized spacial score (nSPS) is 19.4. The molecular weight excluding hydrogens is 244 g/mol. The molecule has 0 unspecified atom stereocenters. The zero-order valence-corrected chi connectivity index (χ0v) is 10.7. The van der Waals surface area contributed by atoms with Crippen LogP contribution < -0.4 is 16.4 Å². The van der Waals surface area contributed by atoms with Gasteiger partial charge < -0.3 is 16.4 Å². The SMILES string of the molecule is NCc1ccnc(C(=O)N[C@H]2CCCCNC2=O)c1. The van der Waals surface area contributed by atoms with Crippen LogP contribution in [0.5, 0.6) is 0 Å². The van der Waals surface area contributed by atoms with Gasteiger partial charge in [0.1, 0.15) is 11.7 Å². The summed E-state index contributed by atoms with van der Waals surface area (Å²) < 4.78 is 0. The molecule has 19 heavy (non-hydrogen) atoms. The Hall–Kier alpha value is -1.95. The number of nitrogens with two attached hydrogens (primary N) is 1. The number of hydrogen-bond acceptors (Lipinski definition) is 4. The lowest BCUT2D eigenvalue weighted by molar-refractivity contribution is -0.122. The lowest BCUT2D eigenvalue weighted by Gasteiger charge is -2.14. The number of rotatable bonds is 3. The van der Waals surface area contributed by atoms with Gasteiger partial charge in [0, 0.05) is 19.3 Å². The van der Waals surface area contributed by atoms with Gasteiger partial charge in [-0.1, -0.05) is 0 Å². The van der Waals surface area contributed by atoms with Crippen molar-refractivity contribution in [2.45, 2.75) is 31.8 Å². The molecule has 6 nitrogen and oxygen atoms in total. The Kier molecular flexibility index (Phi) is 4.46. The molecular formula is C13H18N4O2. The van der Waals surface area contributed by atoms with E-state index in [9.17, 15) is 9.59 Å². The molecule has 4 N–H and O–H groups in total. The zero-order chi connectivity index (χ0) is 13.7. The summed E-state index contributed by atoms with van der Waals surface area (Å²) in [5, 5.41) is 5.50. The van der Waals surface area contributed by atoms with Crippen molar-refractivity contribution >= 4 is 11.8 Å². The van der Waals surface area contributed by atoms with Crippen LogP contribution in [-0.2, 0) is 11.3 Å². The number of hydrogen-bond donors (Lipinski definition) is 3. The summed E-state index contributed by atoms with van der Waals surface area (Å²) in [6.07, 6.45) is 4.07. The molecule has 0 spiro atoms. The second-order valence-electron chi connectivity index (χ2n) is 4.57. The Labute approximate surface area is 111 Å². The van der Waals surface area contributed by atoms with E-state index in [1.54, 1.807) is 18.3 Å². The molecule has 1 fully saturated rings. The second-order valence-corrected chi connectivity index (χ2v) is 4.57. The molecule has 1 aromatic heterocycles. The van der Waals surface area contributed by atoms with Crippen molar-refractivity contribution in [2.24, 2.45) is 5.73 Å². The third kappa shape index (κ3) is 3.51. The highest BCUT2D eigenvalue weighted by molar-refractivity contribution is 5.96. The topological polar surface area (TPSA) is 97.1 Å². The molecule has 1 aromatic rings. The molecule has 6 heteroatoms. The van der Waals surface area contributed by atoms with E-state index in [-0.39, 0.29) is 11.8 Å². The third-order valence-corrected chi connectivity index (χ3v) is 3.13. The Morgan fingerprint density at radius 3 is 3.16 bits per heavy atom. The molecule has 0 aromatic carbocycles. The maximum atomic E-state index is 12.0. The van der Waals surface area contributed by atoms with Crippen molar-refractivity contribution < 1.29 is 9.59 Å². The highest BCUT2D eigenvalue weighted by atomic mass is 16.2. The van der Waals surface area contributed by atoms with Crippen LogP contribution in [0, 0.1) is 0 Å². The minimum atomic E-state index is -0.474. The van der Waals surface area contributed by atoms with E-state index >= 15 is 0 Å². The average molecular weight is 262 g/mol. The highest BCUT2D eigenvalue weighted by Crippen LogP contribution is 2.07. The highest BCUT2D eigenvalue weighted by Gasteiger charge is 2.23. The van der Waals surface area contributed by atoms with Crippen LogP contribution in [0.25, 0.3) is 0 Å². The van der Waals surface area contributed by atoms with Crippen LogP contribution in [0.2, 0.25) is 0 Å². The Morgan fingerprint density at radius 1 is 1.53 bits per heavy atom. The van der Waals surface area contributed by atoms with E-state index in [1.165, 1.54) is 0 Å². The lowest BCUT2D eigenvalue weighted by Crippen LogP contribution is -2.45. The van der Waals surface area contributed by atoms with Gasteiger partial charge in [0.2, 0.25) is 5.91 Å². The maximum Gasteiger partial charge on any atom is 0.270 e. The smallest absolute Gasteiger partial charge is 0.270 e. The van der Waals surface area contributed by atoms with E-state index in [0.717, 1.165) is 18.4 Å². The quantitative estimate of drug-likeness (QED) is 0.711. The predicted octanol–water partition coefficient (Wildman–Crippen LogP) is -0.0612. The average Bonchev–Trinajstić information content (AvgIpc) is 2.64. The molecule has 2 heterocycles. The van der Waals surface area contributed by atoms with Gasteiger partial charge >= 0.3 is 0 Å². The summed E-state index contributed by atoms with van der Waals surface area (Å²) in [5.74, 6) is -0.460. The van der Waals surface area contributed by atoms with Gasteiger partial charge in [-0.05, 0) is 37.0 Å². The first-order valence-corrected chi connectivity index (χ1v) is 6.44. The molecule has 2 amide bonds. The van der Waals surface area contributed by atoms with E-state index in [1.807, 2.05) is 0 Å². The molecule has 1 atom stereocenters. The van der Waals surface area contributed by atoms with Crippen molar-refractivity contribution in [3.05, 3.63) is 29.6 Å². The Morgan fingerprint density at radius 2 is 2.37 bits per heavy atom. The molecule has 0 saturated carbocycles.